The largest absolute Gasteiger partial charge is 0.472 e. The Labute approximate surface area is 305 Å². The number of rotatable bonds is 38. The first-order valence-corrected chi connectivity index (χ1v) is 21.5. The Kier molecular flexibility index (Phi) is 36.4. The molecule has 3 unspecified atom stereocenters. The number of hydrogen-bond donors (Lipinski definition) is 3. The van der Waals surface area contributed by atoms with Gasteiger partial charge in [-0.1, -0.05) is 153 Å². The highest BCUT2D eigenvalue weighted by Gasteiger charge is 2.26. The zero-order chi connectivity index (χ0) is 36.8. The van der Waals surface area contributed by atoms with E-state index in [0.717, 1.165) is 64.2 Å². The van der Waals surface area contributed by atoms with E-state index in [1.54, 1.807) is 0 Å². The summed E-state index contributed by atoms with van der Waals surface area (Å²) in [7, 11) is -4.52. The van der Waals surface area contributed by atoms with Gasteiger partial charge < -0.3 is 24.6 Å². The fourth-order valence-electron chi connectivity index (χ4n) is 5.31. The molecule has 0 radical (unpaired) electrons. The molecular weight excluding hydrogens is 655 g/mol. The van der Waals surface area contributed by atoms with Gasteiger partial charge in [0.05, 0.1) is 26.4 Å². The average molecular weight is 731 g/mol. The van der Waals surface area contributed by atoms with Gasteiger partial charge >= 0.3 is 13.8 Å². The number of aliphatic hydroxyl groups is 2. The highest BCUT2D eigenvalue weighted by Crippen LogP contribution is 2.43. The number of aliphatic hydroxyl groups excluding tert-OH is 2. The molecule has 0 saturated carbocycles. The van der Waals surface area contributed by atoms with Crippen LogP contribution in [0.4, 0.5) is 0 Å². The second-order valence-corrected chi connectivity index (χ2v) is 14.7. The van der Waals surface area contributed by atoms with Gasteiger partial charge in [-0.25, -0.2) is 4.57 Å². The third kappa shape index (κ3) is 36.5. The maximum absolute atomic E-state index is 12.6. The van der Waals surface area contributed by atoms with Crippen LogP contribution in [0.1, 0.15) is 168 Å². The molecule has 3 N–H and O–H groups in total. The molecule has 0 amide bonds. The highest BCUT2D eigenvalue weighted by molar-refractivity contribution is 7.47. The van der Waals surface area contributed by atoms with Crippen molar-refractivity contribution in [1.82, 2.24) is 0 Å². The summed E-state index contributed by atoms with van der Waals surface area (Å²) in [4.78, 5) is 22.5. The standard InChI is InChI=1S/C40H75O9P/c1-3-5-7-9-11-13-15-17-19-20-22-24-26-28-30-32-40(43)49-39(37-48-50(44,45)47-35-38(42)34-41)36-46-33-31-29-27-25-23-21-18-16-14-12-10-8-6-4-2/h5,7,11,13,17,19,38-39,41-42H,3-4,6,8-10,12,14-16,18,20-37H2,1-2H3,(H,44,45)/b7-5-,13-11-,19-17-. The Morgan fingerprint density at radius 1 is 0.640 bits per heavy atom. The molecule has 0 aliphatic heterocycles. The van der Waals surface area contributed by atoms with Crippen LogP contribution in [0.3, 0.4) is 0 Å². The van der Waals surface area contributed by atoms with E-state index in [1.165, 1.54) is 77.0 Å². The van der Waals surface area contributed by atoms with Gasteiger partial charge in [-0.05, 0) is 44.9 Å². The van der Waals surface area contributed by atoms with Crippen LogP contribution >= 0.6 is 7.82 Å². The van der Waals surface area contributed by atoms with Crippen molar-refractivity contribution in [1.29, 1.82) is 0 Å². The van der Waals surface area contributed by atoms with Gasteiger partial charge in [0.15, 0.2) is 0 Å². The molecule has 50 heavy (non-hydrogen) atoms. The van der Waals surface area contributed by atoms with Crippen molar-refractivity contribution < 1.29 is 43.0 Å². The molecule has 0 aromatic rings. The number of hydrogen-bond acceptors (Lipinski definition) is 8. The molecule has 0 aliphatic carbocycles. The Hall–Kier alpha value is -1.32. The van der Waals surface area contributed by atoms with Crippen LogP contribution < -0.4 is 0 Å². The monoisotopic (exact) mass is 731 g/mol. The van der Waals surface area contributed by atoms with E-state index in [0.29, 0.717) is 13.0 Å². The lowest BCUT2D eigenvalue weighted by atomic mass is 10.0. The number of phosphoric ester groups is 1. The molecule has 0 aliphatic rings. The maximum atomic E-state index is 12.6. The van der Waals surface area contributed by atoms with E-state index < -0.39 is 39.2 Å². The molecule has 294 valence electrons. The van der Waals surface area contributed by atoms with Gasteiger partial charge in [0, 0.05) is 13.0 Å². The zero-order valence-electron chi connectivity index (χ0n) is 31.9. The van der Waals surface area contributed by atoms with E-state index in [1.807, 2.05) is 0 Å². The normalized spacial score (nSPS) is 14.6. The van der Waals surface area contributed by atoms with Crippen LogP contribution in [-0.2, 0) is 27.9 Å². The lowest BCUT2D eigenvalue weighted by molar-refractivity contribution is -0.154. The molecule has 3 atom stereocenters. The van der Waals surface area contributed by atoms with Crippen molar-refractivity contribution >= 4 is 13.8 Å². The van der Waals surface area contributed by atoms with E-state index >= 15 is 0 Å². The summed E-state index contributed by atoms with van der Waals surface area (Å²) < 4.78 is 33.3. The minimum absolute atomic E-state index is 0.0443. The van der Waals surface area contributed by atoms with Crippen LogP contribution in [0.2, 0.25) is 0 Å². The predicted molar refractivity (Wildman–Crippen MR) is 205 cm³/mol. The molecule has 0 heterocycles. The number of phosphoric acid groups is 1. The van der Waals surface area contributed by atoms with Crippen molar-refractivity contribution in [2.75, 3.05) is 33.0 Å². The predicted octanol–water partition coefficient (Wildman–Crippen LogP) is 10.5. The molecule has 0 saturated heterocycles. The number of ether oxygens (including phenoxy) is 2. The lowest BCUT2D eigenvalue weighted by Crippen LogP contribution is -2.29. The second kappa shape index (κ2) is 37.4. The molecule has 0 bridgehead atoms. The molecule has 0 aromatic heterocycles. The van der Waals surface area contributed by atoms with Gasteiger partial charge in [0.1, 0.15) is 12.2 Å². The summed E-state index contributed by atoms with van der Waals surface area (Å²) >= 11 is 0. The van der Waals surface area contributed by atoms with Crippen molar-refractivity contribution in [2.45, 2.75) is 180 Å². The summed E-state index contributed by atoms with van der Waals surface area (Å²) in [6, 6.07) is 0. The Balaban J connectivity index is 4.23. The number of esters is 1. The van der Waals surface area contributed by atoms with Crippen LogP contribution in [0.15, 0.2) is 36.5 Å². The van der Waals surface area contributed by atoms with Gasteiger partial charge in [-0.3, -0.25) is 13.8 Å². The van der Waals surface area contributed by atoms with Crippen molar-refractivity contribution in [3.63, 3.8) is 0 Å². The van der Waals surface area contributed by atoms with E-state index in [-0.39, 0.29) is 19.6 Å². The molecule has 0 spiro atoms. The molecule has 10 heteroatoms. The Morgan fingerprint density at radius 2 is 1.14 bits per heavy atom. The Bertz CT molecular complexity index is 877. The fraction of sp³-hybridized carbons (Fsp3) is 0.825. The van der Waals surface area contributed by atoms with Crippen molar-refractivity contribution in [3.05, 3.63) is 36.5 Å². The lowest BCUT2D eigenvalue weighted by Gasteiger charge is -2.20. The van der Waals surface area contributed by atoms with Crippen molar-refractivity contribution in [3.8, 4) is 0 Å². The smallest absolute Gasteiger partial charge is 0.457 e. The number of carbonyl (C=O) groups is 1. The fourth-order valence-corrected chi connectivity index (χ4v) is 6.10. The second-order valence-electron chi connectivity index (χ2n) is 13.3. The third-order valence-corrected chi connectivity index (χ3v) is 9.29. The topological polar surface area (TPSA) is 132 Å². The van der Waals surface area contributed by atoms with Gasteiger partial charge in [0.2, 0.25) is 0 Å². The first-order valence-electron chi connectivity index (χ1n) is 20.0. The molecule has 0 aromatic carbocycles. The SMILES string of the molecule is CC/C=C\C/C=C\C/C=C\CCCCCCCC(=O)OC(COCCCCCCCCCCCCCCCC)COP(=O)(O)OCC(O)CO. The molecular formula is C40H75O9P. The third-order valence-electron chi connectivity index (χ3n) is 8.34. The Morgan fingerprint density at radius 3 is 1.72 bits per heavy atom. The van der Waals surface area contributed by atoms with E-state index in [2.05, 4.69) is 50.3 Å². The number of carbonyl (C=O) groups excluding carboxylic acids is 1. The number of unbranched alkanes of at least 4 members (excludes halogenated alkanes) is 18. The highest BCUT2D eigenvalue weighted by atomic mass is 31.2. The summed E-state index contributed by atoms with van der Waals surface area (Å²) in [5.74, 6) is -0.399. The summed E-state index contributed by atoms with van der Waals surface area (Å²) in [6.45, 7) is 3.39. The quantitative estimate of drug-likeness (QED) is 0.0246. The van der Waals surface area contributed by atoms with Crippen LogP contribution in [-0.4, -0.2) is 66.3 Å². The summed E-state index contributed by atoms with van der Waals surface area (Å²) in [5, 5.41) is 18.3. The van der Waals surface area contributed by atoms with E-state index in [4.69, 9.17) is 23.6 Å². The molecule has 0 rings (SSSR count). The first-order chi connectivity index (χ1) is 24.3. The van der Waals surface area contributed by atoms with Gasteiger partial charge in [0.25, 0.3) is 0 Å². The average Bonchev–Trinajstić information content (AvgIpc) is 3.10. The van der Waals surface area contributed by atoms with Crippen molar-refractivity contribution in [2.24, 2.45) is 0 Å². The maximum Gasteiger partial charge on any atom is 0.472 e. The summed E-state index contributed by atoms with van der Waals surface area (Å²) in [5.41, 5.74) is 0. The molecule has 0 fully saturated rings. The van der Waals surface area contributed by atoms with Gasteiger partial charge in [-0.2, -0.15) is 0 Å². The van der Waals surface area contributed by atoms with E-state index in [9.17, 15) is 19.4 Å². The first kappa shape index (κ1) is 48.7. The minimum Gasteiger partial charge on any atom is -0.457 e. The van der Waals surface area contributed by atoms with Crippen LogP contribution in [0.25, 0.3) is 0 Å². The zero-order valence-corrected chi connectivity index (χ0v) is 32.8. The van der Waals surface area contributed by atoms with Gasteiger partial charge in [-0.15, -0.1) is 0 Å². The number of allylic oxidation sites excluding steroid dienone is 6. The van der Waals surface area contributed by atoms with Crippen LogP contribution in [0.5, 0.6) is 0 Å². The molecule has 9 nitrogen and oxygen atoms in total. The van der Waals surface area contributed by atoms with Crippen LogP contribution in [0, 0.1) is 0 Å². The minimum atomic E-state index is -4.52. The summed E-state index contributed by atoms with van der Waals surface area (Å²) in [6.07, 6.45) is 38.1.